The third-order valence-corrected chi connectivity index (χ3v) is 13.7. The summed E-state index contributed by atoms with van der Waals surface area (Å²) in [4.78, 5) is 72.1. The van der Waals surface area contributed by atoms with Gasteiger partial charge in [0.2, 0.25) is 11.8 Å². The normalized spacial score (nSPS) is 17.5. The molecule has 0 saturated carbocycles. The van der Waals surface area contributed by atoms with E-state index in [1.54, 1.807) is 37.4 Å². The van der Waals surface area contributed by atoms with Crippen molar-refractivity contribution in [2.75, 3.05) is 65.9 Å². The Hall–Kier alpha value is -7.83. The van der Waals surface area contributed by atoms with Crippen molar-refractivity contribution in [2.24, 2.45) is 5.73 Å². The van der Waals surface area contributed by atoms with Gasteiger partial charge < -0.3 is 60.3 Å². The van der Waals surface area contributed by atoms with E-state index in [2.05, 4.69) is 22.0 Å². The number of carbonyl (C=O) groups excluding carboxylic acids is 5. The number of ether oxygens (including phenoxy) is 5. The summed E-state index contributed by atoms with van der Waals surface area (Å²) in [7, 11) is 3.02. The minimum atomic E-state index is -1.52. The number of hydrogen-bond acceptors (Lipinski definition) is 13. The molecule has 4 atom stereocenters. The molecule has 4 aliphatic rings. The zero-order valence-corrected chi connectivity index (χ0v) is 41.2. The first-order valence-corrected chi connectivity index (χ1v) is 24.7. The number of rotatable bonds is 19. The first-order valence-electron chi connectivity index (χ1n) is 24.7. The van der Waals surface area contributed by atoms with E-state index in [0.29, 0.717) is 91.5 Å². The number of amides is 5. The summed E-state index contributed by atoms with van der Waals surface area (Å²) in [6, 6.07) is 27.1. The second kappa shape index (κ2) is 22.3. The number of benzene rings is 5. The smallest absolute Gasteiger partial charge is 0.416 e. The Labute approximate surface area is 423 Å². The third-order valence-electron chi connectivity index (χ3n) is 13.7. The largest absolute Gasteiger partial charge is 0.493 e. The average molecular weight is 996 g/mol. The van der Waals surface area contributed by atoms with Crippen LogP contribution < -0.4 is 55.3 Å². The van der Waals surface area contributed by atoms with E-state index in [1.165, 1.54) is 31.1 Å². The lowest BCUT2D eigenvalue weighted by atomic mass is 10.1. The van der Waals surface area contributed by atoms with Crippen molar-refractivity contribution in [3.8, 4) is 23.0 Å². The van der Waals surface area contributed by atoms with Gasteiger partial charge in [-0.25, -0.2) is 9.69 Å². The highest BCUT2D eigenvalue weighted by atomic mass is 16.6. The predicted octanol–water partition coefficient (Wildman–Crippen LogP) is 6.95. The Bertz CT molecular complexity index is 2880. The van der Waals surface area contributed by atoms with Crippen molar-refractivity contribution in [3.05, 3.63) is 125 Å². The number of carbonyl (C=O) groups is 5. The molecule has 5 aromatic rings. The zero-order valence-electron chi connectivity index (χ0n) is 41.2. The Morgan fingerprint density at radius 1 is 0.740 bits per heavy atom. The van der Waals surface area contributed by atoms with E-state index in [1.807, 2.05) is 53.4 Å². The molecule has 5 amide bonds. The molecule has 0 saturated heterocycles. The van der Waals surface area contributed by atoms with Crippen molar-refractivity contribution in [3.63, 3.8) is 0 Å². The number of aliphatic hydroxyl groups is 1. The van der Waals surface area contributed by atoms with E-state index in [4.69, 9.17) is 29.4 Å². The maximum atomic E-state index is 14.6. The molecule has 5 aromatic carbocycles. The molecule has 0 fully saturated rings. The van der Waals surface area contributed by atoms with Crippen LogP contribution in [0.5, 0.6) is 23.0 Å². The fraction of sp³-hybridized carbons (Fsp3) is 0.364. The molecular formula is C55H61N7O11. The third kappa shape index (κ3) is 10.6. The molecule has 4 heterocycles. The first kappa shape index (κ1) is 50.1. The maximum absolute atomic E-state index is 14.6. The second-order valence-corrected chi connectivity index (χ2v) is 18.5. The van der Waals surface area contributed by atoms with E-state index < -0.39 is 30.3 Å². The number of aliphatic hydroxyl groups excluding tert-OH is 1. The zero-order chi connectivity index (χ0) is 51.2. The number of nitrogens with two attached hydrogens (primary N) is 1. The minimum absolute atomic E-state index is 0.00221. The molecule has 73 heavy (non-hydrogen) atoms. The summed E-state index contributed by atoms with van der Waals surface area (Å²) in [6.07, 6.45) is 2.49. The number of para-hydroxylation sites is 2. The van der Waals surface area contributed by atoms with E-state index >= 15 is 0 Å². The Morgan fingerprint density at radius 2 is 1.37 bits per heavy atom. The molecule has 0 radical (unpaired) electrons. The minimum Gasteiger partial charge on any atom is -0.493 e. The van der Waals surface area contributed by atoms with Gasteiger partial charge in [0.1, 0.15) is 12.6 Å². The van der Waals surface area contributed by atoms with E-state index in [-0.39, 0.29) is 59.7 Å². The highest BCUT2D eigenvalue weighted by molar-refractivity contribution is 6.15. The topological polar surface area (TPSA) is 224 Å². The monoisotopic (exact) mass is 995 g/mol. The molecule has 4 aliphatic heterocycles. The van der Waals surface area contributed by atoms with Crippen LogP contribution in [0.4, 0.5) is 33.2 Å². The number of methoxy groups -OCH3 is 2. The van der Waals surface area contributed by atoms with Gasteiger partial charge in [0.25, 0.3) is 11.8 Å². The van der Waals surface area contributed by atoms with Crippen LogP contribution in [0, 0.1) is 0 Å². The van der Waals surface area contributed by atoms with Gasteiger partial charge in [0.15, 0.2) is 29.2 Å². The summed E-state index contributed by atoms with van der Waals surface area (Å²) in [5.74, 6) is 0.321. The van der Waals surface area contributed by atoms with Crippen molar-refractivity contribution in [2.45, 2.75) is 89.3 Å². The van der Waals surface area contributed by atoms with Crippen LogP contribution in [0.2, 0.25) is 0 Å². The van der Waals surface area contributed by atoms with Crippen LogP contribution in [0.25, 0.3) is 0 Å². The van der Waals surface area contributed by atoms with Crippen LogP contribution in [-0.4, -0.2) is 99.7 Å². The molecule has 0 aromatic heterocycles. The van der Waals surface area contributed by atoms with Crippen molar-refractivity contribution in [1.82, 2.24) is 5.32 Å². The van der Waals surface area contributed by atoms with Gasteiger partial charge in [0, 0.05) is 42.7 Å². The Morgan fingerprint density at radius 3 is 2.04 bits per heavy atom. The second-order valence-electron chi connectivity index (χ2n) is 18.5. The average Bonchev–Trinajstić information content (AvgIpc) is 3.92. The summed E-state index contributed by atoms with van der Waals surface area (Å²) in [6.45, 7) is 2.87. The number of nitrogens with one attached hydrogen (secondary N) is 3. The standard InChI is InChI=1S/C55H61N7O11/c1-33(63)58-41(15-9-10-22-56)51(64)59-37-20-18-34(19-21-37)32-73-55(68)62-45-30-50(48(70-3)28-40(45)53(66)61-44-17-8-6-14-36(44)26-46(61)54(62)67)72-24-12-4-11-23-71-49-29-42-39(27-47(49)69-2)52(65)60-38(31-57-42)25-35-13-5-7-16-43(35)60/h5-8,13-14,16-21,27-30,38,41,46,54,57,67H,4,9-12,15,22-26,31-32,56H2,1-3H3,(H,58,63)(H,59,64)/t38-,41-,46-,54?/m0/s1. The number of fused-ring (bicyclic) bond motifs is 8. The lowest BCUT2D eigenvalue weighted by Crippen LogP contribution is -2.52. The molecular weight excluding hydrogens is 935 g/mol. The summed E-state index contributed by atoms with van der Waals surface area (Å²) >= 11 is 0. The molecule has 18 heteroatoms. The molecule has 9 rings (SSSR count). The summed E-state index contributed by atoms with van der Waals surface area (Å²) in [5, 5.41) is 21.1. The van der Waals surface area contributed by atoms with Crippen LogP contribution in [-0.2, 0) is 33.8 Å². The van der Waals surface area contributed by atoms with Gasteiger partial charge in [-0.2, -0.15) is 0 Å². The highest BCUT2D eigenvalue weighted by Crippen LogP contribution is 2.45. The van der Waals surface area contributed by atoms with E-state index in [0.717, 1.165) is 41.0 Å². The van der Waals surface area contributed by atoms with Gasteiger partial charge >= 0.3 is 6.09 Å². The highest BCUT2D eigenvalue weighted by Gasteiger charge is 2.48. The summed E-state index contributed by atoms with van der Waals surface area (Å²) in [5.41, 5.74) is 11.7. The van der Waals surface area contributed by atoms with Crippen LogP contribution in [0.3, 0.4) is 0 Å². The number of unbranched alkanes of at least 4 members (excludes halogenated alkanes) is 3. The van der Waals surface area contributed by atoms with Crippen LogP contribution in [0.1, 0.15) is 82.9 Å². The number of anilines is 5. The maximum Gasteiger partial charge on any atom is 0.416 e. The SMILES string of the molecule is COc1cc2c(cc1OCCCCCOc1cc3c(cc1OC)C(=O)N1c4ccccc4C[C@H]1C(O)N3C(=O)OCc1ccc(NC(=O)[C@H](CCCCN)NC(C)=O)cc1)NC[C@@H]1Cc3ccccc3N1C2=O. The van der Waals surface area contributed by atoms with Crippen molar-refractivity contribution in [1.29, 1.82) is 0 Å². The van der Waals surface area contributed by atoms with Crippen LogP contribution in [0.15, 0.2) is 97.1 Å². The lowest BCUT2D eigenvalue weighted by molar-refractivity contribution is -0.125. The number of nitrogens with zero attached hydrogens (tertiary/aromatic N) is 3. The van der Waals surface area contributed by atoms with Crippen molar-refractivity contribution >= 4 is 58.2 Å². The molecule has 0 aliphatic carbocycles. The Balaban J connectivity index is 0.851. The molecule has 1 unspecified atom stereocenters. The fourth-order valence-corrected chi connectivity index (χ4v) is 10.0. The van der Waals surface area contributed by atoms with Gasteiger partial charge in [-0.05, 0) is 111 Å². The molecule has 0 spiro atoms. The van der Waals surface area contributed by atoms with Gasteiger partial charge in [-0.1, -0.05) is 48.5 Å². The molecule has 6 N–H and O–H groups in total. The molecule has 18 nitrogen and oxygen atoms in total. The van der Waals surface area contributed by atoms with E-state index in [9.17, 15) is 29.1 Å². The predicted molar refractivity (Wildman–Crippen MR) is 275 cm³/mol. The fourth-order valence-electron chi connectivity index (χ4n) is 10.0. The lowest BCUT2D eigenvalue weighted by Gasteiger charge is -2.32. The molecule has 0 bridgehead atoms. The van der Waals surface area contributed by atoms with Gasteiger partial charge in [-0.15, -0.1) is 0 Å². The Kier molecular flexibility index (Phi) is 15.3. The van der Waals surface area contributed by atoms with Gasteiger partial charge in [0.05, 0.1) is 62.0 Å². The van der Waals surface area contributed by atoms with Crippen molar-refractivity contribution < 1.29 is 52.8 Å². The van der Waals surface area contributed by atoms with Crippen LogP contribution >= 0.6 is 0 Å². The molecule has 382 valence electrons. The quantitative estimate of drug-likeness (QED) is 0.0529. The van der Waals surface area contributed by atoms with Gasteiger partial charge in [-0.3, -0.25) is 19.2 Å². The first-order chi connectivity index (χ1) is 35.5. The summed E-state index contributed by atoms with van der Waals surface area (Å²) < 4.78 is 29.8. The number of hydrogen-bond donors (Lipinski definition) is 5.